The van der Waals surface area contributed by atoms with Crippen molar-refractivity contribution in [3.63, 3.8) is 0 Å². The molecule has 0 amide bonds. The molecule has 0 spiro atoms. The maximum Gasteiger partial charge on any atom is 0.196 e. The van der Waals surface area contributed by atoms with E-state index in [4.69, 9.17) is 13.9 Å². The third-order valence-electron chi connectivity index (χ3n) is 2.86. The number of furan rings is 1. The summed E-state index contributed by atoms with van der Waals surface area (Å²) in [6, 6.07) is 3.44. The molecule has 1 fully saturated rings. The zero-order chi connectivity index (χ0) is 11.5. The summed E-state index contributed by atoms with van der Waals surface area (Å²) in [5.74, 6) is 1.02. The molecule has 2 unspecified atom stereocenters. The number of methoxy groups -OCH3 is 2. The molecule has 0 bridgehead atoms. The van der Waals surface area contributed by atoms with Gasteiger partial charge < -0.3 is 18.8 Å². The maximum atomic E-state index is 10.5. The van der Waals surface area contributed by atoms with Gasteiger partial charge in [-0.15, -0.1) is 0 Å². The minimum atomic E-state index is 0.0368. The maximum absolute atomic E-state index is 10.5. The SMILES string of the molecule is COC1CN(c2ccc(C=O)o2)CC1OC. The van der Waals surface area contributed by atoms with Crippen LogP contribution in [0.15, 0.2) is 16.5 Å². The lowest BCUT2D eigenvalue weighted by Crippen LogP contribution is -2.27. The van der Waals surface area contributed by atoms with Gasteiger partial charge in [-0.1, -0.05) is 0 Å². The van der Waals surface area contributed by atoms with Crippen LogP contribution >= 0.6 is 0 Å². The van der Waals surface area contributed by atoms with Gasteiger partial charge in [-0.25, -0.2) is 0 Å². The summed E-state index contributed by atoms with van der Waals surface area (Å²) in [6.45, 7) is 1.42. The molecule has 5 heteroatoms. The highest BCUT2D eigenvalue weighted by atomic mass is 16.5. The van der Waals surface area contributed by atoms with Crippen LogP contribution in [-0.4, -0.2) is 45.8 Å². The Bertz CT molecular complexity index is 351. The van der Waals surface area contributed by atoms with E-state index in [-0.39, 0.29) is 12.2 Å². The molecule has 1 saturated heterocycles. The monoisotopic (exact) mass is 225 g/mol. The summed E-state index contributed by atoms with van der Waals surface area (Å²) in [6.07, 6.45) is 0.769. The molecule has 0 aromatic carbocycles. The number of ether oxygens (including phenoxy) is 2. The average molecular weight is 225 g/mol. The molecule has 0 radical (unpaired) electrons. The van der Waals surface area contributed by atoms with E-state index in [1.807, 2.05) is 4.90 Å². The number of carbonyl (C=O) groups is 1. The Balaban J connectivity index is 2.09. The molecule has 0 aliphatic carbocycles. The first kappa shape index (κ1) is 11.2. The van der Waals surface area contributed by atoms with Crippen molar-refractivity contribution in [2.75, 3.05) is 32.2 Å². The molecule has 0 saturated carbocycles. The number of carbonyl (C=O) groups excluding carboxylic acids is 1. The van der Waals surface area contributed by atoms with Gasteiger partial charge in [0.15, 0.2) is 17.9 Å². The molecule has 1 aromatic rings. The number of rotatable bonds is 4. The Morgan fingerprint density at radius 1 is 1.31 bits per heavy atom. The lowest BCUT2D eigenvalue weighted by molar-refractivity contribution is -0.00461. The van der Waals surface area contributed by atoms with Gasteiger partial charge in [0.1, 0.15) is 12.2 Å². The van der Waals surface area contributed by atoms with Crippen molar-refractivity contribution >= 4 is 12.2 Å². The van der Waals surface area contributed by atoms with Crippen LogP contribution in [0.25, 0.3) is 0 Å². The lowest BCUT2D eigenvalue weighted by atomic mass is 10.3. The quantitative estimate of drug-likeness (QED) is 0.714. The topological polar surface area (TPSA) is 51.9 Å². The first-order valence-corrected chi connectivity index (χ1v) is 5.14. The van der Waals surface area contributed by atoms with E-state index in [0.717, 1.165) is 0 Å². The predicted octanol–water partition coefficient (Wildman–Crippen LogP) is 0.942. The summed E-state index contributed by atoms with van der Waals surface area (Å²) in [4.78, 5) is 12.5. The second-order valence-electron chi connectivity index (χ2n) is 3.75. The molecular formula is C11H15NO4. The molecular weight excluding hydrogens is 210 g/mol. The fourth-order valence-electron chi connectivity index (χ4n) is 1.95. The predicted molar refractivity (Wildman–Crippen MR) is 57.9 cm³/mol. The van der Waals surface area contributed by atoms with E-state index >= 15 is 0 Å². The minimum Gasteiger partial charge on any atom is -0.438 e. The van der Waals surface area contributed by atoms with Crippen molar-refractivity contribution in [2.45, 2.75) is 12.2 Å². The van der Waals surface area contributed by atoms with Gasteiger partial charge in [0.2, 0.25) is 0 Å². The van der Waals surface area contributed by atoms with Crippen molar-refractivity contribution in [3.8, 4) is 0 Å². The Kier molecular flexibility index (Phi) is 3.26. The van der Waals surface area contributed by atoms with Crippen LogP contribution in [0.1, 0.15) is 10.6 Å². The summed E-state index contributed by atoms with van der Waals surface area (Å²) < 4.78 is 16.0. The summed E-state index contributed by atoms with van der Waals surface area (Å²) in [5.41, 5.74) is 0. The summed E-state index contributed by atoms with van der Waals surface area (Å²) >= 11 is 0. The van der Waals surface area contributed by atoms with Gasteiger partial charge in [-0.3, -0.25) is 4.79 Å². The molecule has 16 heavy (non-hydrogen) atoms. The fraction of sp³-hybridized carbons (Fsp3) is 0.545. The Labute approximate surface area is 93.9 Å². The summed E-state index contributed by atoms with van der Waals surface area (Å²) in [7, 11) is 3.33. The van der Waals surface area contributed by atoms with Gasteiger partial charge >= 0.3 is 0 Å². The third kappa shape index (κ3) is 1.96. The fourth-order valence-corrected chi connectivity index (χ4v) is 1.95. The Hall–Kier alpha value is -1.33. The standard InChI is InChI=1S/C11H15NO4/c1-14-9-5-12(6-10(9)15-2)11-4-3-8(7-13)16-11/h3-4,7,9-10H,5-6H2,1-2H3. The van der Waals surface area contributed by atoms with Gasteiger partial charge in [-0.2, -0.15) is 0 Å². The number of hydrogen-bond acceptors (Lipinski definition) is 5. The van der Waals surface area contributed by atoms with Crippen LogP contribution < -0.4 is 4.90 Å². The minimum absolute atomic E-state index is 0.0368. The van der Waals surface area contributed by atoms with Gasteiger partial charge in [0.25, 0.3) is 0 Å². The van der Waals surface area contributed by atoms with Crippen molar-refractivity contribution in [1.29, 1.82) is 0 Å². The zero-order valence-corrected chi connectivity index (χ0v) is 9.38. The molecule has 1 aliphatic heterocycles. The summed E-state index contributed by atoms with van der Waals surface area (Å²) in [5, 5.41) is 0. The van der Waals surface area contributed by atoms with Gasteiger partial charge in [0.05, 0.1) is 0 Å². The van der Waals surface area contributed by atoms with Crippen LogP contribution in [-0.2, 0) is 9.47 Å². The largest absolute Gasteiger partial charge is 0.438 e. The van der Waals surface area contributed by atoms with Crippen molar-refractivity contribution in [3.05, 3.63) is 17.9 Å². The normalized spacial score (nSPS) is 25.0. The van der Waals surface area contributed by atoms with Crippen molar-refractivity contribution < 1.29 is 18.7 Å². The van der Waals surface area contributed by atoms with Crippen molar-refractivity contribution in [1.82, 2.24) is 0 Å². The highest BCUT2D eigenvalue weighted by Gasteiger charge is 2.34. The molecule has 1 aliphatic rings. The second kappa shape index (κ2) is 4.67. The second-order valence-corrected chi connectivity index (χ2v) is 3.75. The zero-order valence-electron chi connectivity index (χ0n) is 9.38. The number of aldehydes is 1. The molecule has 2 atom stereocenters. The van der Waals surface area contributed by atoms with E-state index in [9.17, 15) is 4.79 Å². The average Bonchev–Trinajstić information content (AvgIpc) is 2.94. The molecule has 88 valence electrons. The number of anilines is 1. The van der Waals surface area contributed by atoms with E-state index in [1.54, 1.807) is 26.4 Å². The van der Waals surface area contributed by atoms with Gasteiger partial charge in [0, 0.05) is 33.4 Å². The third-order valence-corrected chi connectivity index (χ3v) is 2.86. The van der Waals surface area contributed by atoms with Crippen LogP contribution in [0.4, 0.5) is 5.88 Å². The molecule has 1 aromatic heterocycles. The smallest absolute Gasteiger partial charge is 0.196 e. The first-order valence-electron chi connectivity index (χ1n) is 5.14. The lowest BCUT2D eigenvalue weighted by Gasteiger charge is -2.13. The van der Waals surface area contributed by atoms with E-state index in [1.165, 1.54) is 0 Å². The number of hydrogen-bond donors (Lipinski definition) is 0. The van der Waals surface area contributed by atoms with E-state index < -0.39 is 0 Å². The van der Waals surface area contributed by atoms with E-state index in [2.05, 4.69) is 0 Å². The highest BCUT2D eigenvalue weighted by Crippen LogP contribution is 2.24. The van der Waals surface area contributed by atoms with Crippen LogP contribution in [0.3, 0.4) is 0 Å². The van der Waals surface area contributed by atoms with Crippen molar-refractivity contribution in [2.24, 2.45) is 0 Å². The molecule has 5 nitrogen and oxygen atoms in total. The number of nitrogens with zero attached hydrogens (tertiary/aromatic N) is 1. The highest BCUT2D eigenvalue weighted by molar-refractivity contribution is 5.71. The van der Waals surface area contributed by atoms with Gasteiger partial charge in [-0.05, 0) is 6.07 Å². The van der Waals surface area contributed by atoms with Crippen LogP contribution in [0.5, 0.6) is 0 Å². The first-order chi connectivity index (χ1) is 7.78. The van der Waals surface area contributed by atoms with E-state index in [0.29, 0.717) is 31.0 Å². The molecule has 2 rings (SSSR count). The molecule has 2 heterocycles. The van der Waals surface area contributed by atoms with Crippen LogP contribution in [0.2, 0.25) is 0 Å². The Morgan fingerprint density at radius 2 is 1.94 bits per heavy atom. The van der Waals surface area contributed by atoms with Crippen LogP contribution in [0, 0.1) is 0 Å². The molecule has 0 N–H and O–H groups in total. The Morgan fingerprint density at radius 3 is 2.38 bits per heavy atom.